The quantitative estimate of drug-likeness (QED) is 0.828. The first-order valence-electron chi connectivity index (χ1n) is 6.37. The minimum absolute atomic E-state index is 0.163. The molecule has 0 aliphatic carbocycles. The first kappa shape index (κ1) is 14.6. The third-order valence-corrected chi connectivity index (χ3v) is 2.73. The van der Waals surface area contributed by atoms with Crippen molar-refractivity contribution in [3.8, 4) is 11.5 Å². The van der Waals surface area contributed by atoms with E-state index in [0.29, 0.717) is 11.4 Å². The molecule has 0 fully saturated rings. The highest BCUT2D eigenvalue weighted by molar-refractivity contribution is 5.82. The first-order valence-corrected chi connectivity index (χ1v) is 6.37. The van der Waals surface area contributed by atoms with E-state index in [1.54, 1.807) is 54.7 Å². The molecule has 0 aliphatic heterocycles. The van der Waals surface area contributed by atoms with Crippen LogP contribution < -0.4 is 4.74 Å². The Labute approximate surface area is 122 Å². The Bertz CT molecular complexity index is 650. The summed E-state index contributed by atoms with van der Waals surface area (Å²) in [6, 6.07) is 13.5. The van der Waals surface area contributed by atoms with Gasteiger partial charge in [0, 0.05) is 12.3 Å². The van der Waals surface area contributed by atoms with E-state index in [1.807, 2.05) is 0 Å². The van der Waals surface area contributed by atoms with Crippen molar-refractivity contribution < 1.29 is 19.7 Å². The molecule has 5 heteroatoms. The van der Waals surface area contributed by atoms with Gasteiger partial charge in [0.05, 0.1) is 5.69 Å². The van der Waals surface area contributed by atoms with Gasteiger partial charge in [-0.25, -0.2) is 4.79 Å². The van der Waals surface area contributed by atoms with Gasteiger partial charge in [-0.2, -0.15) is 0 Å². The number of nitrogens with zero attached hydrogens (tertiary/aromatic N) is 1. The van der Waals surface area contributed by atoms with E-state index in [2.05, 4.69) is 4.99 Å². The number of carbonyl (C=O) groups is 1. The summed E-state index contributed by atoms with van der Waals surface area (Å²) in [5.41, 5.74) is 1.49. The molecule has 2 aromatic rings. The average Bonchev–Trinajstić information content (AvgIpc) is 2.46. The number of benzene rings is 2. The third kappa shape index (κ3) is 4.35. The molecule has 0 unspecified atom stereocenters. The highest BCUT2D eigenvalue weighted by atomic mass is 16.5. The van der Waals surface area contributed by atoms with Crippen LogP contribution in [0.3, 0.4) is 0 Å². The fourth-order valence-corrected chi connectivity index (χ4v) is 1.61. The smallest absolute Gasteiger partial charge is 0.344 e. The molecular formula is C16H15NO4. The zero-order valence-electron chi connectivity index (χ0n) is 11.4. The Morgan fingerprint density at radius 3 is 2.57 bits per heavy atom. The fraction of sp³-hybridized carbons (Fsp3) is 0.125. The summed E-state index contributed by atoms with van der Waals surface area (Å²) in [7, 11) is 0. The number of hydrogen-bond donors (Lipinski definition) is 2. The van der Waals surface area contributed by atoms with Gasteiger partial charge in [0.25, 0.3) is 0 Å². The van der Waals surface area contributed by atoms with Crippen LogP contribution in [-0.2, 0) is 4.79 Å². The lowest BCUT2D eigenvalue weighted by Gasteiger charge is -2.09. The summed E-state index contributed by atoms with van der Waals surface area (Å²) < 4.78 is 5.23. The molecule has 0 aliphatic rings. The number of phenolic OH excluding ortho intramolecular Hbond substituents is 1. The van der Waals surface area contributed by atoms with Crippen molar-refractivity contribution >= 4 is 17.9 Å². The average molecular weight is 285 g/mol. The van der Waals surface area contributed by atoms with Crippen LogP contribution in [0.2, 0.25) is 0 Å². The molecule has 0 spiro atoms. The summed E-state index contributed by atoms with van der Waals surface area (Å²) in [5, 5.41) is 18.1. The second-order valence-electron chi connectivity index (χ2n) is 4.45. The summed E-state index contributed by atoms with van der Waals surface area (Å²) >= 11 is 0. The van der Waals surface area contributed by atoms with E-state index < -0.39 is 12.1 Å². The predicted molar refractivity (Wildman–Crippen MR) is 79.5 cm³/mol. The zero-order chi connectivity index (χ0) is 15.2. The van der Waals surface area contributed by atoms with Crippen molar-refractivity contribution in [3.63, 3.8) is 0 Å². The van der Waals surface area contributed by atoms with E-state index in [1.165, 1.54) is 6.92 Å². The van der Waals surface area contributed by atoms with Crippen molar-refractivity contribution in [2.45, 2.75) is 13.0 Å². The van der Waals surface area contributed by atoms with E-state index >= 15 is 0 Å². The topological polar surface area (TPSA) is 79.1 Å². The van der Waals surface area contributed by atoms with Crippen molar-refractivity contribution in [2.75, 3.05) is 0 Å². The summed E-state index contributed by atoms with van der Waals surface area (Å²) in [6.07, 6.45) is 0.760. The van der Waals surface area contributed by atoms with Crippen LogP contribution >= 0.6 is 0 Å². The van der Waals surface area contributed by atoms with Crippen molar-refractivity contribution in [2.24, 2.45) is 4.99 Å². The number of carboxylic acids is 1. The molecule has 5 nitrogen and oxygen atoms in total. The zero-order valence-corrected chi connectivity index (χ0v) is 11.4. The molecule has 0 saturated carbocycles. The molecule has 2 rings (SSSR count). The van der Waals surface area contributed by atoms with Crippen molar-refractivity contribution in [3.05, 3.63) is 54.1 Å². The number of aliphatic carboxylic acids is 1. The highest BCUT2D eigenvalue weighted by Crippen LogP contribution is 2.19. The second kappa shape index (κ2) is 6.56. The minimum atomic E-state index is -1.01. The van der Waals surface area contributed by atoms with Gasteiger partial charge in [-0.3, -0.25) is 4.99 Å². The number of hydrogen-bond acceptors (Lipinski definition) is 4. The third-order valence-electron chi connectivity index (χ3n) is 2.73. The van der Waals surface area contributed by atoms with Gasteiger partial charge in [0.1, 0.15) is 11.5 Å². The van der Waals surface area contributed by atoms with Crippen LogP contribution in [0, 0.1) is 0 Å². The molecule has 21 heavy (non-hydrogen) atoms. The van der Waals surface area contributed by atoms with Crippen LogP contribution in [0.15, 0.2) is 53.5 Å². The second-order valence-corrected chi connectivity index (χ2v) is 4.45. The van der Waals surface area contributed by atoms with Gasteiger partial charge in [-0.1, -0.05) is 6.07 Å². The van der Waals surface area contributed by atoms with Crippen LogP contribution in [0.25, 0.3) is 0 Å². The molecule has 0 amide bonds. The Kier molecular flexibility index (Phi) is 4.56. The van der Waals surface area contributed by atoms with Crippen LogP contribution in [-0.4, -0.2) is 28.5 Å². The predicted octanol–water partition coefficient (Wildman–Crippen LogP) is 2.99. The van der Waals surface area contributed by atoms with Crippen LogP contribution in [0.1, 0.15) is 12.5 Å². The lowest BCUT2D eigenvalue weighted by atomic mass is 10.2. The molecule has 108 valence electrons. The minimum Gasteiger partial charge on any atom is -0.508 e. The van der Waals surface area contributed by atoms with Gasteiger partial charge < -0.3 is 14.9 Å². The molecule has 0 aromatic heterocycles. The Morgan fingerprint density at radius 2 is 1.95 bits per heavy atom. The first-order chi connectivity index (χ1) is 10.0. The Hall–Kier alpha value is -2.82. The number of rotatable bonds is 5. The SMILES string of the molecule is C[C@H](Oc1ccc(C=Nc2cccc(O)c2)cc1)C(=O)O. The van der Waals surface area contributed by atoms with E-state index in [4.69, 9.17) is 9.84 Å². The van der Waals surface area contributed by atoms with E-state index in [9.17, 15) is 9.90 Å². The highest BCUT2D eigenvalue weighted by Gasteiger charge is 2.11. The number of aromatic hydroxyl groups is 1. The normalized spacial score (nSPS) is 12.2. The van der Waals surface area contributed by atoms with Gasteiger partial charge in [-0.05, 0) is 48.9 Å². The summed E-state index contributed by atoms with van der Waals surface area (Å²) in [4.78, 5) is 14.9. The molecular weight excluding hydrogens is 270 g/mol. The number of ether oxygens (including phenoxy) is 1. The van der Waals surface area contributed by atoms with Crippen LogP contribution in [0.5, 0.6) is 11.5 Å². The molecule has 1 atom stereocenters. The number of phenols is 1. The summed E-state index contributed by atoms with van der Waals surface area (Å²) in [6.45, 7) is 1.47. The molecule has 2 aromatic carbocycles. The lowest BCUT2D eigenvalue weighted by molar-refractivity contribution is -0.144. The van der Waals surface area contributed by atoms with Gasteiger partial charge in [0.15, 0.2) is 6.10 Å². The standard InChI is InChI=1S/C16H15NO4/c1-11(16(19)20)21-15-7-5-12(6-8-15)10-17-13-3-2-4-14(18)9-13/h2-11,18H,1H3,(H,19,20)/t11-/m0/s1. The lowest BCUT2D eigenvalue weighted by Crippen LogP contribution is -2.22. The monoisotopic (exact) mass is 285 g/mol. The van der Waals surface area contributed by atoms with Crippen LogP contribution in [0.4, 0.5) is 5.69 Å². The molecule has 0 heterocycles. The Balaban J connectivity index is 2.04. The maximum Gasteiger partial charge on any atom is 0.344 e. The van der Waals surface area contributed by atoms with Gasteiger partial charge >= 0.3 is 5.97 Å². The summed E-state index contributed by atoms with van der Waals surface area (Å²) in [5.74, 6) is -0.361. The van der Waals surface area contributed by atoms with Gasteiger partial charge in [0.2, 0.25) is 0 Å². The maximum absolute atomic E-state index is 10.7. The van der Waals surface area contributed by atoms with E-state index in [0.717, 1.165) is 5.56 Å². The van der Waals surface area contributed by atoms with Crippen molar-refractivity contribution in [1.29, 1.82) is 0 Å². The molecule has 0 bridgehead atoms. The largest absolute Gasteiger partial charge is 0.508 e. The van der Waals surface area contributed by atoms with E-state index in [-0.39, 0.29) is 5.75 Å². The molecule has 0 saturated heterocycles. The van der Waals surface area contributed by atoms with Gasteiger partial charge in [-0.15, -0.1) is 0 Å². The fourth-order valence-electron chi connectivity index (χ4n) is 1.61. The van der Waals surface area contributed by atoms with Crippen molar-refractivity contribution in [1.82, 2.24) is 0 Å². The molecule has 2 N–H and O–H groups in total. The Morgan fingerprint density at radius 1 is 1.24 bits per heavy atom. The number of carboxylic acid groups (broad SMARTS) is 1. The molecule has 0 radical (unpaired) electrons. The maximum atomic E-state index is 10.7. The number of aliphatic imine (C=N–C) groups is 1.